The zero-order chi connectivity index (χ0) is 10.1. The molecule has 0 spiro atoms. The number of halogens is 1. The van der Waals surface area contributed by atoms with Gasteiger partial charge < -0.3 is 10.2 Å². The summed E-state index contributed by atoms with van der Waals surface area (Å²) in [6, 6.07) is 7.27. The Morgan fingerprint density at radius 1 is 1.47 bits per heavy atom. The SMILES string of the molecule is CC(N)Cn1c(=O)oc2ccccc21.Cl. The zero-order valence-electron chi connectivity index (χ0n) is 8.34. The molecule has 5 heteroatoms. The summed E-state index contributed by atoms with van der Waals surface area (Å²) in [6.45, 7) is 2.34. The number of nitrogens with zero attached hydrogens (tertiary/aromatic N) is 1. The Kier molecular flexibility index (Phi) is 3.55. The lowest BCUT2D eigenvalue weighted by atomic mass is 10.3. The maximum atomic E-state index is 11.4. The van der Waals surface area contributed by atoms with Crippen molar-refractivity contribution in [1.29, 1.82) is 0 Å². The van der Waals surface area contributed by atoms with Gasteiger partial charge >= 0.3 is 5.76 Å². The first-order valence-electron chi connectivity index (χ1n) is 4.52. The van der Waals surface area contributed by atoms with E-state index in [4.69, 9.17) is 10.2 Å². The maximum absolute atomic E-state index is 11.4. The van der Waals surface area contributed by atoms with Crippen LogP contribution in [0.4, 0.5) is 0 Å². The molecule has 0 saturated heterocycles. The second-order valence-corrected chi connectivity index (χ2v) is 3.42. The predicted molar refractivity (Wildman–Crippen MR) is 61.4 cm³/mol. The van der Waals surface area contributed by atoms with Crippen LogP contribution in [0.15, 0.2) is 33.5 Å². The summed E-state index contributed by atoms with van der Waals surface area (Å²) in [5.41, 5.74) is 7.05. The van der Waals surface area contributed by atoms with Gasteiger partial charge in [0.2, 0.25) is 0 Å². The van der Waals surface area contributed by atoms with Crippen LogP contribution in [-0.4, -0.2) is 10.6 Å². The van der Waals surface area contributed by atoms with Gasteiger partial charge in [-0.2, -0.15) is 0 Å². The Hall–Kier alpha value is -1.26. The average Bonchev–Trinajstić information content (AvgIpc) is 2.43. The third kappa shape index (κ3) is 2.22. The number of benzene rings is 1. The van der Waals surface area contributed by atoms with Crippen molar-refractivity contribution in [3.63, 3.8) is 0 Å². The average molecular weight is 229 g/mol. The van der Waals surface area contributed by atoms with E-state index in [1.807, 2.05) is 25.1 Å². The largest absolute Gasteiger partial charge is 0.420 e. The van der Waals surface area contributed by atoms with Crippen LogP contribution in [0.2, 0.25) is 0 Å². The van der Waals surface area contributed by atoms with E-state index in [-0.39, 0.29) is 24.2 Å². The van der Waals surface area contributed by atoms with Crippen LogP contribution in [0.3, 0.4) is 0 Å². The highest BCUT2D eigenvalue weighted by Gasteiger charge is 2.08. The quantitative estimate of drug-likeness (QED) is 0.845. The van der Waals surface area contributed by atoms with Crippen molar-refractivity contribution in [3.8, 4) is 0 Å². The molecule has 4 nitrogen and oxygen atoms in total. The summed E-state index contributed by atoms with van der Waals surface area (Å²) >= 11 is 0. The molecule has 1 unspecified atom stereocenters. The second-order valence-electron chi connectivity index (χ2n) is 3.42. The number of oxazole rings is 1. The van der Waals surface area contributed by atoms with Gasteiger partial charge in [0, 0.05) is 12.6 Å². The number of aromatic nitrogens is 1. The highest BCUT2D eigenvalue weighted by molar-refractivity contribution is 5.85. The van der Waals surface area contributed by atoms with E-state index in [9.17, 15) is 4.79 Å². The number of rotatable bonds is 2. The molecular weight excluding hydrogens is 216 g/mol. The van der Waals surface area contributed by atoms with E-state index in [2.05, 4.69) is 0 Å². The van der Waals surface area contributed by atoms with Crippen molar-refractivity contribution in [2.75, 3.05) is 0 Å². The Morgan fingerprint density at radius 2 is 2.13 bits per heavy atom. The third-order valence-electron chi connectivity index (χ3n) is 2.04. The van der Waals surface area contributed by atoms with E-state index in [1.54, 1.807) is 10.6 Å². The molecule has 1 atom stereocenters. The molecule has 2 aromatic rings. The van der Waals surface area contributed by atoms with Gasteiger partial charge in [-0.15, -0.1) is 12.4 Å². The minimum absolute atomic E-state index is 0. The normalized spacial score (nSPS) is 12.4. The first kappa shape index (κ1) is 11.8. The van der Waals surface area contributed by atoms with E-state index < -0.39 is 0 Å². The van der Waals surface area contributed by atoms with Crippen molar-refractivity contribution in [2.24, 2.45) is 5.73 Å². The van der Waals surface area contributed by atoms with E-state index >= 15 is 0 Å². The first-order valence-corrected chi connectivity index (χ1v) is 4.52. The Labute approximate surface area is 93.1 Å². The summed E-state index contributed by atoms with van der Waals surface area (Å²) in [5, 5.41) is 0. The minimum atomic E-state index is -0.344. The molecule has 2 N–H and O–H groups in total. The van der Waals surface area contributed by atoms with Crippen molar-refractivity contribution in [1.82, 2.24) is 4.57 Å². The molecule has 1 aromatic heterocycles. The maximum Gasteiger partial charge on any atom is 0.420 e. The summed E-state index contributed by atoms with van der Waals surface area (Å²) in [6.07, 6.45) is 0. The smallest absolute Gasteiger partial charge is 0.408 e. The van der Waals surface area contributed by atoms with Crippen molar-refractivity contribution in [2.45, 2.75) is 19.5 Å². The van der Waals surface area contributed by atoms with Crippen LogP contribution < -0.4 is 11.5 Å². The van der Waals surface area contributed by atoms with Crippen LogP contribution in [-0.2, 0) is 6.54 Å². The molecule has 0 radical (unpaired) electrons. The molecule has 1 heterocycles. The molecule has 0 fully saturated rings. The Balaban J connectivity index is 0.00000112. The number of para-hydroxylation sites is 2. The number of fused-ring (bicyclic) bond motifs is 1. The summed E-state index contributed by atoms with van der Waals surface area (Å²) in [7, 11) is 0. The second kappa shape index (κ2) is 4.51. The van der Waals surface area contributed by atoms with Crippen LogP contribution >= 0.6 is 12.4 Å². The fraction of sp³-hybridized carbons (Fsp3) is 0.300. The molecule has 15 heavy (non-hydrogen) atoms. The van der Waals surface area contributed by atoms with Crippen molar-refractivity contribution >= 4 is 23.5 Å². The van der Waals surface area contributed by atoms with Gasteiger partial charge in [-0.25, -0.2) is 4.79 Å². The molecule has 0 aliphatic heterocycles. The zero-order valence-corrected chi connectivity index (χ0v) is 9.16. The lowest BCUT2D eigenvalue weighted by molar-refractivity contribution is 0.485. The molecule has 0 bridgehead atoms. The van der Waals surface area contributed by atoms with Gasteiger partial charge in [0.1, 0.15) is 0 Å². The molecule has 0 saturated carbocycles. The first-order chi connectivity index (χ1) is 6.68. The predicted octanol–water partition coefficient (Wildman–Crippen LogP) is 1.36. The van der Waals surface area contributed by atoms with Crippen molar-refractivity contribution < 1.29 is 4.42 Å². The molecular formula is C10H13ClN2O2. The summed E-state index contributed by atoms with van der Waals surface area (Å²) in [5.74, 6) is -0.344. The monoisotopic (exact) mass is 228 g/mol. The highest BCUT2D eigenvalue weighted by Crippen LogP contribution is 2.11. The topological polar surface area (TPSA) is 61.2 Å². The highest BCUT2D eigenvalue weighted by atomic mass is 35.5. The molecule has 2 rings (SSSR count). The van der Waals surface area contributed by atoms with Gasteiger partial charge in [-0.1, -0.05) is 12.1 Å². The molecule has 0 aliphatic rings. The van der Waals surface area contributed by atoms with Gasteiger partial charge in [-0.3, -0.25) is 4.57 Å². The van der Waals surface area contributed by atoms with Crippen LogP contribution in [0.1, 0.15) is 6.92 Å². The number of hydrogen-bond donors (Lipinski definition) is 1. The van der Waals surface area contributed by atoms with Crippen LogP contribution in [0.5, 0.6) is 0 Å². The lowest BCUT2D eigenvalue weighted by Crippen LogP contribution is -2.27. The van der Waals surface area contributed by atoms with E-state index in [1.165, 1.54) is 0 Å². The fourth-order valence-electron chi connectivity index (χ4n) is 1.47. The fourth-order valence-corrected chi connectivity index (χ4v) is 1.47. The number of nitrogens with two attached hydrogens (primary N) is 1. The standard InChI is InChI=1S/C10H12N2O2.ClH/c1-7(11)6-12-8-4-2-3-5-9(8)14-10(12)13;/h2-5,7H,6,11H2,1H3;1H. The van der Waals surface area contributed by atoms with Gasteiger partial charge in [0.15, 0.2) is 5.58 Å². The van der Waals surface area contributed by atoms with Gasteiger partial charge in [0.25, 0.3) is 0 Å². The molecule has 0 aliphatic carbocycles. The molecule has 1 aromatic carbocycles. The van der Waals surface area contributed by atoms with Crippen LogP contribution in [0, 0.1) is 0 Å². The van der Waals surface area contributed by atoms with Crippen LogP contribution in [0.25, 0.3) is 11.1 Å². The Bertz CT molecular complexity index is 501. The van der Waals surface area contributed by atoms with E-state index in [0.717, 1.165) is 5.52 Å². The van der Waals surface area contributed by atoms with Gasteiger partial charge in [-0.05, 0) is 19.1 Å². The summed E-state index contributed by atoms with van der Waals surface area (Å²) < 4.78 is 6.61. The molecule has 82 valence electrons. The third-order valence-corrected chi connectivity index (χ3v) is 2.04. The number of hydrogen-bond acceptors (Lipinski definition) is 3. The van der Waals surface area contributed by atoms with Crippen molar-refractivity contribution in [3.05, 3.63) is 34.8 Å². The summed E-state index contributed by atoms with van der Waals surface area (Å²) in [4.78, 5) is 11.4. The molecule has 0 amide bonds. The minimum Gasteiger partial charge on any atom is -0.408 e. The van der Waals surface area contributed by atoms with E-state index in [0.29, 0.717) is 12.1 Å². The lowest BCUT2D eigenvalue weighted by Gasteiger charge is -2.04. The van der Waals surface area contributed by atoms with Gasteiger partial charge in [0.05, 0.1) is 5.52 Å². The Morgan fingerprint density at radius 3 is 2.80 bits per heavy atom.